The quantitative estimate of drug-likeness (QED) is 0.137. The molecule has 12 heteroatoms. The Hall–Kier alpha value is -3.66. The monoisotopic (exact) mass is 587 g/mol. The highest BCUT2D eigenvalue weighted by molar-refractivity contribution is 7.54. The zero-order valence-electron chi connectivity index (χ0n) is 24.1. The van der Waals surface area contributed by atoms with Crippen LogP contribution in [0, 0.1) is 0 Å². The molecule has 0 saturated carbocycles. The van der Waals surface area contributed by atoms with E-state index in [1.165, 1.54) is 20.3 Å². The molecule has 3 rings (SSSR count). The molecule has 0 aliphatic rings. The Labute approximate surface area is 241 Å². The topological polar surface area (TPSA) is 127 Å². The minimum Gasteiger partial charge on any atom is -0.497 e. The number of nitrogens with zero attached hydrogens (tertiary/aromatic N) is 2. The first kappa shape index (κ1) is 31.9. The number of carbonyl (C=O) groups excluding carboxylic acids is 1. The lowest BCUT2D eigenvalue weighted by Gasteiger charge is -2.28. The van der Waals surface area contributed by atoms with Gasteiger partial charge in [-0.2, -0.15) is 9.97 Å². The third kappa shape index (κ3) is 8.91. The van der Waals surface area contributed by atoms with E-state index in [1.54, 1.807) is 55.6 Å². The van der Waals surface area contributed by atoms with Crippen LogP contribution >= 0.6 is 7.60 Å². The van der Waals surface area contributed by atoms with Gasteiger partial charge >= 0.3 is 13.6 Å². The van der Waals surface area contributed by atoms with E-state index in [-0.39, 0.29) is 42.3 Å². The number of unbranched alkanes of at least 4 members (excludes halogenated alkanes) is 2. The first-order chi connectivity index (χ1) is 19.9. The highest BCUT2D eigenvalue weighted by atomic mass is 31.2. The van der Waals surface area contributed by atoms with Crippen molar-refractivity contribution in [3.63, 3.8) is 0 Å². The van der Waals surface area contributed by atoms with Crippen LogP contribution in [0.4, 0.5) is 0 Å². The summed E-state index contributed by atoms with van der Waals surface area (Å²) < 4.78 is 47.7. The van der Waals surface area contributed by atoms with Crippen LogP contribution in [0.1, 0.15) is 61.2 Å². The fourth-order valence-electron chi connectivity index (χ4n) is 3.67. The number of amides is 1. The molecule has 1 unspecified atom stereocenters. The Kier molecular flexibility index (Phi) is 12.4. The SMILES string of the molecule is CCCCOP(=O)(OCCCC)C(NC(=O)c1ccccc1Oc1nc(OC)cc(OC)n1)c1ccc(OC)cc1. The van der Waals surface area contributed by atoms with Crippen molar-refractivity contribution < 1.29 is 37.4 Å². The van der Waals surface area contributed by atoms with E-state index >= 15 is 0 Å². The van der Waals surface area contributed by atoms with E-state index in [1.807, 2.05) is 13.8 Å². The molecule has 41 heavy (non-hydrogen) atoms. The fourth-order valence-corrected chi connectivity index (χ4v) is 5.62. The predicted octanol–water partition coefficient (Wildman–Crippen LogP) is 6.55. The van der Waals surface area contributed by atoms with Crippen LogP contribution in [0.25, 0.3) is 0 Å². The van der Waals surface area contributed by atoms with Crippen molar-refractivity contribution in [1.82, 2.24) is 15.3 Å². The maximum Gasteiger partial charge on any atom is 0.357 e. The molecule has 0 aliphatic heterocycles. The average Bonchev–Trinajstić information content (AvgIpc) is 3.00. The third-order valence-electron chi connectivity index (χ3n) is 5.96. The van der Waals surface area contributed by atoms with E-state index in [2.05, 4.69) is 15.3 Å². The molecule has 0 saturated heterocycles. The Morgan fingerprint density at radius 1 is 0.854 bits per heavy atom. The smallest absolute Gasteiger partial charge is 0.357 e. The second kappa shape index (κ2) is 16.0. The van der Waals surface area contributed by atoms with Gasteiger partial charge in [-0.25, -0.2) is 0 Å². The van der Waals surface area contributed by atoms with Crippen LogP contribution in [0.5, 0.6) is 29.3 Å². The number of nitrogens with one attached hydrogen (secondary N) is 1. The van der Waals surface area contributed by atoms with E-state index in [0.717, 1.165) is 12.8 Å². The third-order valence-corrected chi connectivity index (χ3v) is 8.11. The summed E-state index contributed by atoms with van der Waals surface area (Å²) in [5.74, 6) is -0.432. The van der Waals surface area contributed by atoms with E-state index in [0.29, 0.717) is 24.2 Å². The van der Waals surface area contributed by atoms with Gasteiger partial charge in [-0.1, -0.05) is 51.0 Å². The number of hydrogen-bond acceptors (Lipinski definition) is 10. The van der Waals surface area contributed by atoms with Crippen molar-refractivity contribution in [3.8, 4) is 29.3 Å². The number of carbonyl (C=O) groups is 1. The molecule has 1 amide bonds. The highest BCUT2D eigenvalue weighted by Gasteiger charge is 2.39. The summed E-state index contributed by atoms with van der Waals surface area (Å²) in [7, 11) is 0.580. The number of aromatic nitrogens is 2. The van der Waals surface area contributed by atoms with Crippen LogP contribution in [-0.4, -0.2) is 50.4 Å². The molecule has 1 aromatic heterocycles. The standard InChI is InChI=1S/C29H38N3O8P/c1-6-8-18-38-41(34,39-19-9-7-2)28(21-14-16-22(35-3)17-15-21)32-27(33)23-12-10-11-13-24(23)40-29-30-25(36-4)20-26(31-29)37-5/h10-17,20,28H,6-9,18-19H2,1-5H3,(H,32,33). The Morgan fingerprint density at radius 2 is 1.44 bits per heavy atom. The largest absolute Gasteiger partial charge is 0.497 e. The zero-order valence-corrected chi connectivity index (χ0v) is 25.0. The molecule has 1 heterocycles. The second-order valence-electron chi connectivity index (χ2n) is 8.90. The summed E-state index contributed by atoms with van der Waals surface area (Å²) in [6.07, 6.45) is 3.06. The number of para-hydroxylation sites is 1. The molecule has 2 aromatic carbocycles. The average molecular weight is 588 g/mol. The van der Waals surface area contributed by atoms with Gasteiger partial charge in [0.2, 0.25) is 11.8 Å². The van der Waals surface area contributed by atoms with Gasteiger partial charge in [-0.3, -0.25) is 9.36 Å². The number of ether oxygens (including phenoxy) is 4. The second-order valence-corrected chi connectivity index (χ2v) is 11.0. The summed E-state index contributed by atoms with van der Waals surface area (Å²) in [4.78, 5) is 22.1. The van der Waals surface area contributed by atoms with Gasteiger partial charge in [0.1, 0.15) is 11.5 Å². The molecule has 0 spiro atoms. The van der Waals surface area contributed by atoms with Gasteiger partial charge in [0, 0.05) is 0 Å². The van der Waals surface area contributed by atoms with Gasteiger partial charge in [0.05, 0.1) is 46.2 Å². The number of methoxy groups -OCH3 is 3. The number of rotatable bonds is 17. The summed E-state index contributed by atoms with van der Waals surface area (Å²) >= 11 is 0. The Balaban J connectivity index is 1.98. The summed E-state index contributed by atoms with van der Waals surface area (Å²) in [6.45, 7) is 4.45. The minimum absolute atomic E-state index is 0.0791. The summed E-state index contributed by atoms with van der Waals surface area (Å²) in [6, 6.07) is 14.9. The van der Waals surface area contributed by atoms with Crippen LogP contribution < -0.4 is 24.3 Å². The molecule has 3 aromatic rings. The first-order valence-electron chi connectivity index (χ1n) is 13.4. The Morgan fingerprint density at radius 3 is 1.98 bits per heavy atom. The number of benzene rings is 2. The van der Waals surface area contributed by atoms with Crippen molar-refractivity contribution in [2.45, 2.75) is 45.3 Å². The normalized spacial score (nSPS) is 11.9. The summed E-state index contributed by atoms with van der Waals surface area (Å²) in [5.41, 5.74) is 0.694. The van der Waals surface area contributed by atoms with Crippen LogP contribution in [0.3, 0.4) is 0 Å². The van der Waals surface area contributed by atoms with Gasteiger partial charge < -0.3 is 33.3 Å². The van der Waals surface area contributed by atoms with Crippen LogP contribution in [-0.2, 0) is 13.6 Å². The van der Waals surface area contributed by atoms with Gasteiger partial charge in [0.15, 0.2) is 5.78 Å². The lowest BCUT2D eigenvalue weighted by Crippen LogP contribution is -2.30. The van der Waals surface area contributed by atoms with E-state index in [9.17, 15) is 9.36 Å². The van der Waals surface area contributed by atoms with Crippen molar-refractivity contribution in [1.29, 1.82) is 0 Å². The van der Waals surface area contributed by atoms with Crippen LogP contribution in [0.2, 0.25) is 0 Å². The molecular formula is C29H38N3O8P. The molecule has 1 N–H and O–H groups in total. The summed E-state index contributed by atoms with van der Waals surface area (Å²) in [5, 5.41) is 2.89. The van der Waals surface area contributed by atoms with Crippen molar-refractivity contribution in [2.24, 2.45) is 0 Å². The Bertz CT molecular complexity index is 1270. The first-order valence-corrected chi connectivity index (χ1v) is 15.1. The maximum atomic E-state index is 14.3. The molecular weight excluding hydrogens is 549 g/mol. The van der Waals surface area contributed by atoms with Crippen molar-refractivity contribution in [2.75, 3.05) is 34.5 Å². The fraction of sp³-hybridized carbons (Fsp3) is 0.414. The molecule has 0 aliphatic carbocycles. The zero-order chi connectivity index (χ0) is 29.7. The van der Waals surface area contributed by atoms with E-state index < -0.39 is 19.3 Å². The number of hydrogen-bond donors (Lipinski definition) is 1. The predicted molar refractivity (Wildman–Crippen MR) is 154 cm³/mol. The van der Waals surface area contributed by atoms with Gasteiger partial charge in [-0.05, 0) is 42.7 Å². The molecule has 0 radical (unpaired) electrons. The highest BCUT2D eigenvalue weighted by Crippen LogP contribution is 2.60. The lowest BCUT2D eigenvalue weighted by atomic mass is 10.1. The molecule has 0 fully saturated rings. The van der Waals surface area contributed by atoms with Crippen LogP contribution in [0.15, 0.2) is 54.6 Å². The van der Waals surface area contributed by atoms with Crippen molar-refractivity contribution in [3.05, 3.63) is 65.7 Å². The molecule has 1 atom stereocenters. The molecule has 0 bridgehead atoms. The van der Waals surface area contributed by atoms with Crippen molar-refractivity contribution >= 4 is 13.5 Å². The molecule has 222 valence electrons. The van der Waals surface area contributed by atoms with E-state index in [4.69, 9.17) is 28.0 Å². The minimum atomic E-state index is -3.88. The maximum absolute atomic E-state index is 14.3. The molecule has 11 nitrogen and oxygen atoms in total. The van der Waals surface area contributed by atoms with Gasteiger partial charge in [-0.15, -0.1) is 0 Å². The lowest BCUT2D eigenvalue weighted by molar-refractivity contribution is 0.0933. The van der Waals surface area contributed by atoms with Gasteiger partial charge in [0.25, 0.3) is 5.91 Å².